The molecule has 7 heteroatoms. The van der Waals surface area contributed by atoms with Crippen molar-refractivity contribution in [2.24, 2.45) is 0 Å². The zero-order valence-electron chi connectivity index (χ0n) is 12.2. The van der Waals surface area contributed by atoms with Gasteiger partial charge in [0.2, 0.25) is 10.0 Å². The molecule has 1 aliphatic rings. The van der Waals surface area contributed by atoms with Crippen LogP contribution in [0.5, 0.6) is 0 Å². The molecule has 0 unspecified atom stereocenters. The monoisotopic (exact) mass is 293 g/mol. The molecule has 0 amide bonds. The molecule has 0 spiro atoms. The summed E-state index contributed by atoms with van der Waals surface area (Å²) in [6.45, 7) is 7.16. The molecule has 1 aliphatic heterocycles. The average Bonchev–Trinajstić information content (AvgIpc) is 2.30. The molecule has 6 nitrogen and oxygen atoms in total. The summed E-state index contributed by atoms with van der Waals surface area (Å²) in [6.07, 6.45) is 0.397. The Morgan fingerprint density at radius 1 is 1.16 bits per heavy atom. The maximum atomic E-state index is 11.6. The van der Waals surface area contributed by atoms with E-state index in [1.54, 1.807) is 21.0 Å². The van der Waals surface area contributed by atoms with Crippen LogP contribution in [0.4, 0.5) is 0 Å². The zero-order chi connectivity index (χ0) is 14.5. The number of hydrogen-bond acceptors (Lipinski definition) is 5. The van der Waals surface area contributed by atoms with Gasteiger partial charge in [-0.1, -0.05) is 0 Å². The molecule has 0 aromatic carbocycles. The van der Waals surface area contributed by atoms with E-state index in [1.165, 1.54) is 4.31 Å². The van der Waals surface area contributed by atoms with Crippen molar-refractivity contribution in [3.8, 4) is 0 Å². The van der Waals surface area contributed by atoms with E-state index in [1.807, 2.05) is 0 Å². The maximum Gasteiger partial charge on any atom is 0.213 e. The lowest BCUT2D eigenvalue weighted by Gasteiger charge is -2.35. The molecule has 0 aromatic rings. The van der Waals surface area contributed by atoms with Gasteiger partial charge in [-0.05, 0) is 19.9 Å². The minimum Gasteiger partial charge on any atom is -0.392 e. The van der Waals surface area contributed by atoms with Crippen molar-refractivity contribution in [1.82, 2.24) is 14.1 Å². The fourth-order valence-electron chi connectivity index (χ4n) is 2.22. The number of rotatable bonds is 7. The molecule has 1 saturated heterocycles. The summed E-state index contributed by atoms with van der Waals surface area (Å²) < 4.78 is 24.5. The van der Waals surface area contributed by atoms with E-state index in [0.29, 0.717) is 6.42 Å². The van der Waals surface area contributed by atoms with Gasteiger partial charge in [0.1, 0.15) is 0 Å². The molecular weight excluding hydrogens is 266 g/mol. The average molecular weight is 293 g/mol. The first-order chi connectivity index (χ1) is 8.81. The van der Waals surface area contributed by atoms with Crippen LogP contribution < -0.4 is 0 Å². The number of hydrogen-bond donors (Lipinski definition) is 1. The molecule has 0 aliphatic carbocycles. The van der Waals surface area contributed by atoms with Gasteiger partial charge in [-0.15, -0.1) is 0 Å². The lowest BCUT2D eigenvalue weighted by Crippen LogP contribution is -2.48. The largest absolute Gasteiger partial charge is 0.392 e. The SMILES string of the molecule is C[C@@H](O)CN1CCN(CCCS(=O)(=O)N(C)C)CC1. The number of β-amino-alcohol motifs (C(OH)–C–C–N with tert-alkyl or cyclic N) is 1. The third kappa shape index (κ3) is 6.18. The van der Waals surface area contributed by atoms with Gasteiger partial charge in [-0.25, -0.2) is 12.7 Å². The number of aliphatic hydroxyl groups excluding tert-OH is 1. The van der Waals surface area contributed by atoms with Crippen molar-refractivity contribution in [3.05, 3.63) is 0 Å². The van der Waals surface area contributed by atoms with Crippen LogP contribution in [0, 0.1) is 0 Å². The number of nitrogens with zero attached hydrogens (tertiary/aromatic N) is 3. The van der Waals surface area contributed by atoms with Crippen molar-refractivity contribution >= 4 is 10.0 Å². The summed E-state index contributed by atoms with van der Waals surface area (Å²) in [6, 6.07) is 0. The minimum absolute atomic E-state index is 0.216. The topological polar surface area (TPSA) is 64.1 Å². The minimum atomic E-state index is -3.06. The van der Waals surface area contributed by atoms with Crippen molar-refractivity contribution in [1.29, 1.82) is 0 Å². The van der Waals surface area contributed by atoms with Gasteiger partial charge >= 0.3 is 0 Å². The second-order valence-electron chi connectivity index (χ2n) is 5.44. The fraction of sp³-hybridized carbons (Fsp3) is 1.00. The van der Waals surface area contributed by atoms with Crippen LogP contribution in [0.3, 0.4) is 0 Å². The van der Waals surface area contributed by atoms with E-state index >= 15 is 0 Å². The molecule has 19 heavy (non-hydrogen) atoms. The van der Waals surface area contributed by atoms with Gasteiger partial charge in [0.15, 0.2) is 0 Å². The molecule has 1 fully saturated rings. The first kappa shape index (κ1) is 16.8. The molecule has 0 radical (unpaired) electrons. The van der Waals surface area contributed by atoms with Gasteiger partial charge in [0.25, 0.3) is 0 Å². The lowest BCUT2D eigenvalue weighted by molar-refractivity contribution is 0.0809. The van der Waals surface area contributed by atoms with E-state index < -0.39 is 10.0 Å². The summed E-state index contributed by atoms with van der Waals surface area (Å²) >= 11 is 0. The molecule has 1 N–H and O–H groups in total. The Morgan fingerprint density at radius 3 is 2.16 bits per heavy atom. The highest BCUT2D eigenvalue weighted by Gasteiger charge is 2.19. The van der Waals surface area contributed by atoms with Crippen LogP contribution in [0.2, 0.25) is 0 Å². The number of piperazine rings is 1. The molecule has 1 atom stereocenters. The standard InChI is InChI=1S/C12H27N3O3S/c1-12(16)11-15-8-6-14(7-9-15)5-4-10-19(17,18)13(2)3/h12,16H,4-11H2,1-3H3/t12-/m1/s1. The van der Waals surface area contributed by atoms with Crippen LogP contribution in [0.15, 0.2) is 0 Å². The molecule has 0 bridgehead atoms. The van der Waals surface area contributed by atoms with Crippen molar-refractivity contribution in [2.45, 2.75) is 19.4 Å². The first-order valence-electron chi connectivity index (χ1n) is 6.84. The number of aliphatic hydroxyl groups is 1. The van der Waals surface area contributed by atoms with Crippen LogP contribution in [0.1, 0.15) is 13.3 Å². The Bertz CT molecular complexity index is 349. The summed E-state index contributed by atoms with van der Waals surface area (Å²) in [7, 11) is 0.0847. The Kier molecular flexibility index (Phi) is 6.68. The second-order valence-corrected chi connectivity index (χ2v) is 7.75. The zero-order valence-corrected chi connectivity index (χ0v) is 13.1. The lowest BCUT2D eigenvalue weighted by atomic mass is 10.2. The van der Waals surface area contributed by atoms with E-state index in [4.69, 9.17) is 0 Å². The molecule has 0 aromatic heterocycles. The van der Waals surface area contributed by atoms with Gasteiger partial charge < -0.3 is 10.0 Å². The Morgan fingerprint density at radius 2 is 1.68 bits per heavy atom. The predicted molar refractivity (Wildman–Crippen MR) is 76.7 cm³/mol. The van der Waals surface area contributed by atoms with Crippen LogP contribution in [-0.2, 0) is 10.0 Å². The first-order valence-corrected chi connectivity index (χ1v) is 8.45. The highest BCUT2D eigenvalue weighted by Crippen LogP contribution is 2.05. The van der Waals surface area contributed by atoms with E-state index in [9.17, 15) is 13.5 Å². The molecule has 0 saturated carbocycles. The Hall–Kier alpha value is -0.210. The third-order valence-electron chi connectivity index (χ3n) is 3.42. The van der Waals surface area contributed by atoms with Crippen molar-refractivity contribution in [2.75, 3.05) is 59.1 Å². The Labute approximate surface area is 117 Å². The van der Waals surface area contributed by atoms with Crippen LogP contribution >= 0.6 is 0 Å². The van der Waals surface area contributed by atoms with Crippen molar-refractivity contribution in [3.63, 3.8) is 0 Å². The Balaban J connectivity index is 2.20. The van der Waals surface area contributed by atoms with Gasteiger partial charge in [0, 0.05) is 46.8 Å². The smallest absolute Gasteiger partial charge is 0.213 e. The van der Waals surface area contributed by atoms with Gasteiger partial charge in [-0.3, -0.25) is 4.90 Å². The summed E-state index contributed by atoms with van der Waals surface area (Å²) in [5.41, 5.74) is 0. The predicted octanol–water partition coefficient (Wildman–Crippen LogP) is -0.734. The molecule has 114 valence electrons. The highest BCUT2D eigenvalue weighted by molar-refractivity contribution is 7.89. The molecular formula is C12H27N3O3S. The van der Waals surface area contributed by atoms with Gasteiger partial charge in [-0.2, -0.15) is 0 Å². The van der Waals surface area contributed by atoms with E-state index in [0.717, 1.165) is 39.3 Å². The van der Waals surface area contributed by atoms with E-state index in [-0.39, 0.29) is 11.9 Å². The number of sulfonamides is 1. The maximum absolute atomic E-state index is 11.6. The third-order valence-corrected chi connectivity index (χ3v) is 5.34. The van der Waals surface area contributed by atoms with Gasteiger partial charge in [0.05, 0.1) is 11.9 Å². The van der Waals surface area contributed by atoms with E-state index in [2.05, 4.69) is 9.80 Å². The summed E-state index contributed by atoms with van der Waals surface area (Å²) in [5, 5.41) is 9.33. The fourth-order valence-corrected chi connectivity index (χ4v) is 3.08. The molecule has 1 rings (SSSR count). The van der Waals surface area contributed by atoms with Crippen LogP contribution in [0.25, 0.3) is 0 Å². The second kappa shape index (κ2) is 7.54. The summed E-state index contributed by atoms with van der Waals surface area (Å²) in [5.74, 6) is 0.216. The normalized spacial score (nSPS) is 20.9. The molecule has 1 heterocycles. The van der Waals surface area contributed by atoms with Crippen LogP contribution in [-0.4, -0.2) is 92.9 Å². The van der Waals surface area contributed by atoms with Crippen molar-refractivity contribution < 1.29 is 13.5 Å². The summed E-state index contributed by atoms with van der Waals surface area (Å²) in [4.78, 5) is 4.54. The highest BCUT2D eigenvalue weighted by atomic mass is 32.2. The quantitative estimate of drug-likeness (QED) is 0.670.